The van der Waals surface area contributed by atoms with E-state index in [1.807, 2.05) is 43.1 Å². The van der Waals surface area contributed by atoms with E-state index in [-0.39, 0.29) is 11.9 Å². The molecule has 0 fully saturated rings. The van der Waals surface area contributed by atoms with Crippen LogP contribution in [0.2, 0.25) is 0 Å². The van der Waals surface area contributed by atoms with Crippen LogP contribution in [0.5, 0.6) is 0 Å². The molecule has 1 amide bonds. The molecule has 128 valence electrons. The molecule has 2 aromatic carbocycles. The van der Waals surface area contributed by atoms with Crippen molar-refractivity contribution in [2.45, 2.75) is 19.9 Å². The van der Waals surface area contributed by atoms with E-state index in [9.17, 15) is 4.79 Å². The normalized spacial score (nSPS) is 12.3. The van der Waals surface area contributed by atoms with Gasteiger partial charge in [-0.1, -0.05) is 42.5 Å². The van der Waals surface area contributed by atoms with Crippen molar-refractivity contribution in [3.63, 3.8) is 0 Å². The second kappa shape index (κ2) is 7.45. The maximum absolute atomic E-state index is 12.3. The molecule has 0 saturated carbocycles. The Kier molecular flexibility index (Phi) is 5.10. The number of fused-ring (bicyclic) bond motifs is 1. The zero-order valence-electron chi connectivity index (χ0n) is 14.9. The number of pyridine rings is 1. The van der Waals surface area contributed by atoms with Crippen LogP contribution in [-0.4, -0.2) is 29.4 Å². The first kappa shape index (κ1) is 17.1. The van der Waals surface area contributed by atoms with Crippen LogP contribution in [0.3, 0.4) is 0 Å². The molecule has 1 heterocycles. The first-order valence-electron chi connectivity index (χ1n) is 8.45. The molecule has 4 heteroatoms. The fourth-order valence-electron chi connectivity index (χ4n) is 2.88. The largest absolute Gasteiger partial charge is 0.310 e. The highest BCUT2D eigenvalue weighted by Gasteiger charge is 2.15. The predicted molar refractivity (Wildman–Crippen MR) is 103 cm³/mol. The van der Waals surface area contributed by atoms with Gasteiger partial charge in [-0.2, -0.15) is 0 Å². The third-order valence-electron chi connectivity index (χ3n) is 4.47. The van der Waals surface area contributed by atoms with Gasteiger partial charge >= 0.3 is 0 Å². The van der Waals surface area contributed by atoms with Gasteiger partial charge < -0.3 is 5.32 Å². The second-order valence-electron chi connectivity index (χ2n) is 6.41. The molecule has 1 unspecified atom stereocenters. The minimum absolute atomic E-state index is 0.0618. The summed E-state index contributed by atoms with van der Waals surface area (Å²) in [5.74, 6) is 0.532. The summed E-state index contributed by atoms with van der Waals surface area (Å²) in [6.45, 7) is 4.33. The molecule has 1 aromatic heterocycles. The van der Waals surface area contributed by atoms with Gasteiger partial charge in [-0.25, -0.2) is 4.98 Å². The van der Waals surface area contributed by atoms with Crippen LogP contribution in [0.1, 0.15) is 24.2 Å². The van der Waals surface area contributed by atoms with E-state index >= 15 is 0 Å². The Bertz CT molecular complexity index is 891. The highest BCUT2D eigenvalue weighted by molar-refractivity contribution is 5.91. The molecule has 1 N–H and O–H groups in total. The summed E-state index contributed by atoms with van der Waals surface area (Å²) in [6, 6.07) is 20.5. The first-order valence-corrected chi connectivity index (χ1v) is 8.45. The van der Waals surface area contributed by atoms with E-state index in [1.54, 1.807) is 6.07 Å². The molecule has 25 heavy (non-hydrogen) atoms. The molecule has 0 spiro atoms. The molecular weight excluding hydrogens is 310 g/mol. The lowest BCUT2D eigenvalue weighted by Gasteiger charge is -2.24. The van der Waals surface area contributed by atoms with Gasteiger partial charge in [0.05, 0.1) is 6.54 Å². The summed E-state index contributed by atoms with van der Waals surface area (Å²) >= 11 is 0. The van der Waals surface area contributed by atoms with Crippen LogP contribution in [0.4, 0.5) is 5.82 Å². The van der Waals surface area contributed by atoms with E-state index in [1.165, 1.54) is 16.3 Å². The topological polar surface area (TPSA) is 45.2 Å². The van der Waals surface area contributed by atoms with Crippen LogP contribution < -0.4 is 5.32 Å². The van der Waals surface area contributed by atoms with Gasteiger partial charge in [-0.05, 0) is 55.4 Å². The summed E-state index contributed by atoms with van der Waals surface area (Å²) in [7, 11) is 1.96. The van der Waals surface area contributed by atoms with E-state index in [2.05, 4.69) is 47.6 Å². The standard InChI is InChI=1S/C21H23N3O/c1-15-7-6-10-20(22-15)23-21(25)14-24(3)16(2)18-12-11-17-8-4-5-9-19(17)13-18/h4-13,16H,14H2,1-3H3,(H,22,23,25). The minimum atomic E-state index is -0.0618. The van der Waals surface area contributed by atoms with Crippen molar-refractivity contribution < 1.29 is 4.79 Å². The number of aryl methyl sites for hydroxylation is 1. The summed E-state index contributed by atoms with van der Waals surface area (Å²) in [5, 5.41) is 5.30. The number of rotatable bonds is 5. The van der Waals surface area contributed by atoms with Crippen molar-refractivity contribution in [3.05, 3.63) is 71.9 Å². The monoisotopic (exact) mass is 333 g/mol. The van der Waals surface area contributed by atoms with Gasteiger partial charge in [0.2, 0.25) is 5.91 Å². The molecule has 0 saturated heterocycles. The molecule has 0 radical (unpaired) electrons. The Hall–Kier alpha value is -2.72. The highest BCUT2D eigenvalue weighted by atomic mass is 16.2. The Balaban J connectivity index is 1.66. The first-order chi connectivity index (χ1) is 12.0. The number of benzene rings is 2. The van der Waals surface area contributed by atoms with Crippen LogP contribution in [0.25, 0.3) is 10.8 Å². The number of hydrogen-bond acceptors (Lipinski definition) is 3. The second-order valence-corrected chi connectivity index (χ2v) is 6.41. The summed E-state index contributed by atoms with van der Waals surface area (Å²) < 4.78 is 0. The Labute approximate surface area is 148 Å². The van der Waals surface area contributed by atoms with Crippen molar-refractivity contribution in [2.24, 2.45) is 0 Å². The van der Waals surface area contributed by atoms with E-state index < -0.39 is 0 Å². The lowest BCUT2D eigenvalue weighted by molar-refractivity contribution is -0.117. The average Bonchev–Trinajstić information content (AvgIpc) is 2.60. The molecule has 4 nitrogen and oxygen atoms in total. The van der Waals surface area contributed by atoms with Crippen molar-refractivity contribution in [3.8, 4) is 0 Å². The molecule has 0 bridgehead atoms. The smallest absolute Gasteiger partial charge is 0.239 e. The highest BCUT2D eigenvalue weighted by Crippen LogP contribution is 2.23. The SMILES string of the molecule is Cc1cccc(NC(=O)CN(C)C(C)c2ccc3ccccc3c2)n1. The van der Waals surface area contributed by atoms with E-state index in [0.29, 0.717) is 12.4 Å². The fraction of sp³-hybridized carbons (Fsp3) is 0.238. The number of amides is 1. The molecule has 1 atom stereocenters. The third kappa shape index (κ3) is 4.22. The molecule has 3 rings (SSSR count). The molecule has 0 aliphatic carbocycles. The molecule has 0 aliphatic rings. The third-order valence-corrected chi connectivity index (χ3v) is 4.47. The molecule has 3 aromatic rings. The Morgan fingerprint density at radius 3 is 2.60 bits per heavy atom. The van der Waals surface area contributed by atoms with Gasteiger partial charge in [-0.3, -0.25) is 9.69 Å². The van der Waals surface area contributed by atoms with Gasteiger partial charge in [-0.15, -0.1) is 0 Å². The van der Waals surface area contributed by atoms with Crippen molar-refractivity contribution in [1.29, 1.82) is 0 Å². The maximum atomic E-state index is 12.3. The Morgan fingerprint density at radius 1 is 1.08 bits per heavy atom. The number of nitrogens with zero attached hydrogens (tertiary/aromatic N) is 2. The summed E-state index contributed by atoms with van der Waals surface area (Å²) in [6.07, 6.45) is 0. The number of carbonyl (C=O) groups excluding carboxylic acids is 1. The summed E-state index contributed by atoms with van der Waals surface area (Å²) in [4.78, 5) is 18.6. The van der Waals surface area contributed by atoms with Crippen LogP contribution in [0.15, 0.2) is 60.7 Å². The predicted octanol–water partition coefficient (Wildman–Crippen LogP) is 4.17. The number of likely N-dealkylation sites (N-methyl/N-ethyl adjacent to an activating group) is 1. The number of nitrogens with one attached hydrogen (secondary N) is 1. The van der Waals surface area contributed by atoms with Gasteiger partial charge in [0.1, 0.15) is 5.82 Å². The number of hydrogen-bond donors (Lipinski definition) is 1. The quantitative estimate of drug-likeness (QED) is 0.762. The molecular formula is C21H23N3O. The zero-order chi connectivity index (χ0) is 17.8. The molecule has 0 aliphatic heterocycles. The van der Waals surface area contributed by atoms with Gasteiger partial charge in [0.25, 0.3) is 0 Å². The zero-order valence-corrected chi connectivity index (χ0v) is 14.9. The van der Waals surface area contributed by atoms with Crippen LogP contribution in [0, 0.1) is 6.92 Å². The van der Waals surface area contributed by atoms with Gasteiger partial charge in [0.15, 0.2) is 0 Å². The average molecular weight is 333 g/mol. The fourth-order valence-corrected chi connectivity index (χ4v) is 2.88. The van der Waals surface area contributed by atoms with Crippen molar-refractivity contribution in [1.82, 2.24) is 9.88 Å². The Morgan fingerprint density at radius 2 is 1.84 bits per heavy atom. The van der Waals surface area contributed by atoms with Gasteiger partial charge in [0, 0.05) is 11.7 Å². The van der Waals surface area contributed by atoms with Crippen LogP contribution in [-0.2, 0) is 4.79 Å². The number of carbonyl (C=O) groups is 1. The maximum Gasteiger partial charge on any atom is 0.239 e. The van der Waals surface area contributed by atoms with E-state index in [0.717, 1.165) is 5.69 Å². The number of aromatic nitrogens is 1. The minimum Gasteiger partial charge on any atom is -0.310 e. The van der Waals surface area contributed by atoms with E-state index in [4.69, 9.17) is 0 Å². The number of anilines is 1. The summed E-state index contributed by atoms with van der Waals surface area (Å²) in [5.41, 5.74) is 2.08. The lowest BCUT2D eigenvalue weighted by atomic mass is 10.0. The van der Waals surface area contributed by atoms with Crippen molar-refractivity contribution >= 4 is 22.5 Å². The van der Waals surface area contributed by atoms with Crippen molar-refractivity contribution in [2.75, 3.05) is 18.9 Å². The van der Waals surface area contributed by atoms with Crippen LogP contribution >= 0.6 is 0 Å². The lowest BCUT2D eigenvalue weighted by Crippen LogP contribution is -2.32.